The first kappa shape index (κ1) is 53.7. The van der Waals surface area contributed by atoms with E-state index >= 15 is 0 Å². The van der Waals surface area contributed by atoms with Crippen molar-refractivity contribution in [1.82, 2.24) is 15.5 Å². The zero-order chi connectivity index (χ0) is 47.7. The summed E-state index contributed by atoms with van der Waals surface area (Å²) < 4.78 is 19.6. The molecule has 1 fully saturated rings. The van der Waals surface area contributed by atoms with Gasteiger partial charge in [0.05, 0.1) is 56.0 Å². The van der Waals surface area contributed by atoms with Gasteiger partial charge in [-0.25, -0.2) is 0 Å². The molecule has 0 aliphatic carbocycles. The Morgan fingerprint density at radius 3 is 1.41 bits per heavy atom. The Labute approximate surface area is 376 Å². The van der Waals surface area contributed by atoms with Gasteiger partial charge < -0.3 is 34.9 Å². The van der Waals surface area contributed by atoms with E-state index in [2.05, 4.69) is 10.6 Å². The monoisotopic (exact) mass is 869 g/mol. The van der Waals surface area contributed by atoms with Crippen molar-refractivity contribution in [2.75, 3.05) is 35.1 Å². The molecule has 1 aliphatic heterocycles. The Morgan fingerprint density at radius 1 is 0.635 bits per heavy atom. The predicted molar refractivity (Wildman–Crippen MR) is 249 cm³/mol. The van der Waals surface area contributed by atoms with Crippen LogP contribution in [0.1, 0.15) is 91.5 Å². The van der Waals surface area contributed by atoms with Crippen LogP contribution in [0.3, 0.4) is 0 Å². The zero-order valence-corrected chi connectivity index (χ0v) is 40.0. The quantitative estimate of drug-likeness (QED) is 0.113. The van der Waals surface area contributed by atoms with Crippen LogP contribution < -0.4 is 16.4 Å². The highest BCUT2D eigenvalue weighted by atomic mass is 16.5. The number of rotatable bonds is 13. The second kappa shape index (κ2) is 23.3. The highest BCUT2D eigenvalue weighted by molar-refractivity contribution is 5.91. The van der Waals surface area contributed by atoms with Crippen molar-refractivity contribution in [3.63, 3.8) is 0 Å². The highest BCUT2D eigenvalue weighted by Crippen LogP contribution is 2.41. The Morgan fingerprint density at radius 2 is 1.02 bits per heavy atom. The number of nitrogens with one attached hydrogen (secondary N) is 2. The van der Waals surface area contributed by atoms with Gasteiger partial charge >= 0.3 is 11.9 Å². The molecule has 1 saturated heterocycles. The van der Waals surface area contributed by atoms with E-state index in [1.54, 1.807) is 65.9 Å². The van der Waals surface area contributed by atoms with Crippen LogP contribution >= 0.6 is 0 Å². The lowest BCUT2D eigenvalue weighted by Gasteiger charge is -2.45. The summed E-state index contributed by atoms with van der Waals surface area (Å²) in [4.78, 5) is 51.7. The maximum absolute atomic E-state index is 13.1. The highest BCUT2D eigenvalue weighted by Gasteiger charge is 2.55. The van der Waals surface area contributed by atoms with Crippen LogP contribution in [0.5, 0.6) is 0 Å². The van der Waals surface area contributed by atoms with E-state index in [9.17, 15) is 19.2 Å². The van der Waals surface area contributed by atoms with Crippen LogP contribution in [0.15, 0.2) is 121 Å². The number of hydrogen-bond acceptors (Lipinski definition) is 10. The van der Waals surface area contributed by atoms with Crippen LogP contribution in [0, 0.1) is 10.8 Å². The van der Waals surface area contributed by atoms with Gasteiger partial charge in [0.1, 0.15) is 11.1 Å². The molecular formula is C51H72N4O8. The lowest BCUT2D eigenvalue weighted by molar-refractivity contribution is -0.162. The molecule has 0 saturated carbocycles. The second-order valence-corrected chi connectivity index (χ2v) is 17.8. The molecule has 0 bridgehead atoms. The average Bonchev–Trinajstić information content (AvgIpc) is 3.59. The molecule has 0 radical (unpaired) electrons. The molecule has 2 atom stereocenters. The van der Waals surface area contributed by atoms with Crippen LogP contribution in [0.2, 0.25) is 0 Å². The van der Waals surface area contributed by atoms with Gasteiger partial charge in [0.25, 0.3) is 0 Å². The molecule has 4 aromatic carbocycles. The fourth-order valence-corrected chi connectivity index (χ4v) is 6.42. The summed E-state index contributed by atoms with van der Waals surface area (Å²) in [5.41, 5.74) is 5.05. The standard InChI is InChI=1S/C18H26N2O3.C17H26N2O3.2C8H10O/c1-16(2,15(22)23-6)17(3,4)20-12-19-18(5,14(20)21)13-10-8-7-9-11-13;1-15(2,14(21)22-6)16(3,4)19-13(20)17(5,18)12-10-8-7-9-11-12;2*1-9-7-8-5-3-2-4-6-8/h7-11,19H,12H2,1-6H3;7-11H,18H2,1-6H3,(H,19,20);2*2-6H,7H2,1H3. The van der Waals surface area contributed by atoms with Gasteiger partial charge in [-0.3, -0.25) is 24.5 Å². The summed E-state index contributed by atoms with van der Waals surface area (Å²) in [6, 6.07) is 39.0. The fourth-order valence-electron chi connectivity index (χ4n) is 6.42. The van der Waals surface area contributed by atoms with E-state index < -0.39 is 39.0 Å². The maximum atomic E-state index is 13.1. The van der Waals surface area contributed by atoms with Gasteiger partial charge in [0.15, 0.2) is 0 Å². The minimum Gasteiger partial charge on any atom is -0.469 e. The molecule has 1 aliphatic rings. The van der Waals surface area contributed by atoms with Crippen molar-refractivity contribution in [2.24, 2.45) is 16.6 Å². The number of nitrogens with zero attached hydrogens (tertiary/aromatic N) is 1. The minimum absolute atomic E-state index is 0.0364. The number of nitrogens with two attached hydrogens (primary N) is 1. The molecule has 344 valence electrons. The van der Waals surface area contributed by atoms with Crippen molar-refractivity contribution in [3.05, 3.63) is 144 Å². The van der Waals surface area contributed by atoms with Gasteiger partial charge in [-0.1, -0.05) is 121 Å². The first-order valence-corrected chi connectivity index (χ1v) is 20.9. The number of hydrogen-bond donors (Lipinski definition) is 3. The first-order valence-electron chi connectivity index (χ1n) is 20.9. The molecule has 0 aromatic heterocycles. The topological polar surface area (TPSA) is 159 Å². The third-order valence-electron chi connectivity index (χ3n) is 12.4. The summed E-state index contributed by atoms with van der Waals surface area (Å²) in [7, 11) is 6.11. The molecule has 4 aromatic rings. The number of ether oxygens (including phenoxy) is 4. The van der Waals surface area contributed by atoms with Crippen molar-refractivity contribution in [3.8, 4) is 0 Å². The third-order valence-corrected chi connectivity index (χ3v) is 12.4. The van der Waals surface area contributed by atoms with Crippen LogP contribution in [0.25, 0.3) is 0 Å². The summed E-state index contributed by atoms with van der Waals surface area (Å²) in [5.74, 6) is -1.11. The van der Waals surface area contributed by atoms with E-state index in [1.807, 2.05) is 144 Å². The molecule has 1 heterocycles. The predicted octanol–water partition coefficient (Wildman–Crippen LogP) is 7.89. The minimum atomic E-state index is -1.19. The lowest BCUT2D eigenvalue weighted by Crippen LogP contribution is -2.62. The summed E-state index contributed by atoms with van der Waals surface area (Å²) >= 11 is 0. The first-order chi connectivity index (χ1) is 29.4. The summed E-state index contributed by atoms with van der Waals surface area (Å²) in [5, 5.41) is 6.19. The van der Waals surface area contributed by atoms with Crippen LogP contribution in [0.4, 0.5) is 0 Å². The fraction of sp³-hybridized carbons (Fsp3) is 0.451. The Balaban J connectivity index is 0.000000314. The molecule has 63 heavy (non-hydrogen) atoms. The van der Waals surface area contributed by atoms with Crippen molar-refractivity contribution >= 4 is 23.8 Å². The molecule has 2 unspecified atom stereocenters. The zero-order valence-electron chi connectivity index (χ0n) is 40.0. The Bertz CT molecular complexity index is 1980. The molecule has 0 spiro atoms. The van der Waals surface area contributed by atoms with Gasteiger partial charge in [-0.2, -0.15) is 0 Å². The number of methoxy groups -OCH3 is 4. The average molecular weight is 869 g/mol. The van der Waals surface area contributed by atoms with E-state index in [-0.39, 0.29) is 17.8 Å². The lowest BCUT2D eigenvalue weighted by atomic mass is 9.73. The number of carbonyl (C=O) groups is 4. The Hall–Kier alpha value is -5.40. The van der Waals surface area contributed by atoms with E-state index in [1.165, 1.54) is 25.3 Å². The molecule has 12 heteroatoms. The Kier molecular flexibility index (Phi) is 19.9. The van der Waals surface area contributed by atoms with Gasteiger partial charge in [-0.05, 0) is 91.5 Å². The summed E-state index contributed by atoms with van der Waals surface area (Å²) in [6.07, 6.45) is 0. The van der Waals surface area contributed by atoms with E-state index in [4.69, 9.17) is 24.7 Å². The molecule has 12 nitrogen and oxygen atoms in total. The van der Waals surface area contributed by atoms with Crippen molar-refractivity contribution in [1.29, 1.82) is 0 Å². The van der Waals surface area contributed by atoms with Gasteiger partial charge in [-0.15, -0.1) is 0 Å². The van der Waals surface area contributed by atoms with E-state index in [0.717, 1.165) is 5.56 Å². The van der Waals surface area contributed by atoms with Gasteiger partial charge in [0, 0.05) is 14.2 Å². The SMILES string of the molecule is COC(=O)C(C)(C)C(C)(C)N1CNC(C)(c2ccccc2)C1=O.COC(=O)C(C)(C)C(C)(C)NC(=O)C(C)(N)c1ccccc1.COCc1ccccc1.COCc1ccccc1. The summed E-state index contributed by atoms with van der Waals surface area (Å²) in [6.45, 7) is 19.8. The molecule has 5 rings (SSSR count). The number of amides is 2. The third kappa shape index (κ3) is 13.5. The normalized spacial score (nSPS) is 16.0. The maximum Gasteiger partial charge on any atom is 0.313 e. The smallest absolute Gasteiger partial charge is 0.313 e. The largest absolute Gasteiger partial charge is 0.469 e. The number of carbonyl (C=O) groups excluding carboxylic acids is 4. The molecule has 4 N–H and O–H groups in total. The van der Waals surface area contributed by atoms with Gasteiger partial charge in [0.2, 0.25) is 11.8 Å². The number of benzene rings is 4. The molecular weight excluding hydrogens is 797 g/mol. The van der Waals surface area contributed by atoms with E-state index in [0.29, 0.717) is 25.4 Å². The number of esters is 2. The van der Waals surface area contributed by atoms with Crippen molar-refractivity contribution in [2.45, 2.75) is 105 Å². The van der Waals surface area contributed by atoms with Crippen molar-refractivity contribution < 1.29 is 38.1 Å². The molecule has 2 amide bonds. The van der Waals surface area contributed by atoms with Crippen LogP contribution in [-0.2, 0) is 62.4 Å². The van der Waals surface area contributed by atoms with Crippen LogP contribution in [-0.4, -0.2) is 74.8 Å². The second-order valence-electron chi connectivity index (χ2n) is 17.8.